The van der Waals surface area contributed by atoms with Gasteiger partial charge in [-0.25, -0.2) is 4.39 Å². The van der Waals surface area contributed by atoms with Crippen molar-refractivity contribution in [3.63, 3.8) is 0 Å². The number of halogens is 1. The van der Waals surface area contributed by atoms with Crippen molar-refractivity contribution in [3.8, 4) is 11.5 Å². The summed E-state index contributed by atoms with van der Waals surface area (Å²) in [5.74, 6) is 0.306. The lowest BCUT2D eigenvalue weighted by molar-refractivity contribution is 0.198. The molecular weight excluding hydrogens is 243 g/mol. The molecule has 0 aromatic heterocycles. The molecule has 2 rings (SSSR count). The largest absolute Gasteiger partial charge is 0.454 e. The third kappa shape index (κ3) is 3.32. The Morgan fingerprint density at radius 2 is 2.00 bits per heavy atom. The average molecular weight is 260 g/mol. The maximum absolute atomic E-state index is 13.8. The van der Waals surface area contributed by atoms with E-state index in [-0.39, 0.29) is 5.75 Å². The van der Waals surface area contributed by atoms with Gasteiger partial charge in [0.25, 0.3) is 0 Å². The number of ether oxygens (including phenoxy) is 1. The summed E-state index contributed by atoms with van der Waals surface area (Å²) < 4.78 is 19.4. The Kier molecular flexibility index (Phi) is 4.17. The van der Waals surface area contributed by atoms with Crippen molar-refractivity contribution in [2.24, 2.45) is 0 Å². The van der Waals surface area contributed by atoms with Crippen molar-refractivity contribution in [2.75, 3.05) is 0 Å². The molecule has 2 aromatic carbocycles. The number of benzene rings is 2. The number of hydrogen-bond acceptors (Lipinski definition) is 2. The molecule has 0 fully saturated rings. The third-order valence-electron chi connectivity index (χ3n) is 2.97. The number of hydrogen-bond donors (Lipinski definition) is 1. The molecule has 0 radical (unpaired) electrons. The molecule has 1 atom stereocenters. The molecular formula is C16H17FO2. The number of aliphatic hydroxyl groups excluding tert-OH is 1. The molecule has 0 amide bonds. The Balaban J connectivity index is 2.23. The lowest BCUT2D eigenvalue weighted by Crippen LogP contribution is -1.94. The van der Waals surface area contributed by atoms with E-state index in [1.807, 2.05) is 18.2 Å². The van der Waals surface area contributed by atoms with Crippen LogP contribution < -0.4 is 4.74 Å². The zero-order valence-electron chi connectivity index (χ0n) is 11.1. The van der Waals surface area contributed by atoms with Crippen molar-refractivity contribution in [1.29, 1.82) is 0 Å². The fourth-order valence-electron chi connectivity index (χ4n) is 1.82. The molecule has 19 heavy (non-hydrogen) atoms. The minimum absolute atomic E-state index is 0.164. The summed E-state index contributed by atoms with van der Waals surface area (Å²) in [5, 5.41) is 9.39. The van der Waals surface area contributed by atoms with Crippen molar-refractivity contribution in [2.45, 2.75) is 26.4 Å². The van der Waals surface area contributed by atoms with Crippen LogP contribution >= 0.6 is 0 Å². The molecule has 0 saturated carbocycles. The molecule has 0 aliphatic carbocycles. The van der Waals surface area contributed by atoms with Gasteiger partial charge in [0.15, 0.2) is 11.6 Å². The Morgan fingerprint density at radius 1 is 1.21 bits per heavy atom. The smallest absolute Gasteiger partial charge is 0.166 e. The molecule has 0 bridgehead atoms. The first-order valence-electron chi connectivity index (χ1n) is 6.34. The molecule has 0 aliphatic rings. The molecule has 0 saturated heterocycles. The maximum atomic E-state index is 13.8. The number of aryl methyl sites for hydroxylation is 1. The standard InChI is InChI=1S/C16H17FO2/c1-3-12-5-4-6-14(9-12)19-16-8-7-13(11(2)18)10-15(16)17/h4-11,18H,3H2,1-2H3/t11-/m1/s1. The molecule has 0 unspecified atom stereocenters. The number of rotatable bonds is 4. The van der Waals surface area contributed by atoms with Crippen LogP contribution in [0.5, 0.6) is 11.5 Å². The van der Waals surface area contributed by atoms with Gasteiger partial charge in [-0.2, -0.15) is 0 Å². The van der Waals surface area contributed by atoms with Gasteiger partial charge >= 0.3 is 0 Å². The van der Waals surface area contributed by atoms with Crippen LogP contribution in [0.25, 0.3) is 0 Å². The first-order chi connectivity index (χ1) is 9.10. The van der Waals surface area contributed by atoms with E-state index >= 15 is 0 Å². The minimum atomic E-state index is -0.688. The van der Waals surface area contributed by atoms with Gasteiger partial charge in [-0.15, -0.1) is 0 Å². The van der Waals surface area contributed by atoms with Crippen LogP contribution in [0.2, 0.25) is 0 Å². The lowest BCUT2D eigenvalue weighted by Gasteiger charge is -2.10. The third-order valence-corrected chi connectivity index (χ3v) is 2.97. The lowest BCUT2D eigenvalue weighted by atomic mass is 10.1. The minimum Gasteiger partial charge on any atom is -0.454 e. The fourth-order valence-corrected chi connectivity index (χ4v) is 1.82. The molecule has 0 spiro atoms. The molecule has 2 nitrogen and oxygen atoms in total. The summed E-state index contributed by atoms with van der Waals surface area (Å²) in [6.07, 6.45) is 0.215. The molecule has 0 heterocycles. The van der Waals surface area contributed by atoms with E-state index in [0.29, 0.717) is 11.3 Å². The highest BCUT2D eigenvalue weighted by Crippen LogP contribution is 2.27. The quantitative estimate of drug-likeness (QED) is 0.891. The van der Waals surface area contributed by atoms with E-state index in [4.69, 9.17) is 4.74 Å². The highest BCUT2D eigenvalue weighted by atomic mass is 19.1. The van der Waals surface area contributed by atoms with Crippen LogP contribution in [0.1, 0.15) is 31.1 Å². The maximum Gasteiger partial charge on any atom is 0.166 e. The van der Waals surface area contributed by atoms with Crippen molar-refractivity contribution < 1.29 is 14.2 Å². The van der Waals surface area contributed by atoms with Gasteiger partial charge in [0.1, 0.15) is 5.75 Å². The van der Waals surface area contributed by atoms with E-state index in [9.17, 15) is 9.50 Å². The first kappa shape index (κ1) is 13.6. The Morgan fingerprint density at radius 3 is 2.63 bits per heavy atom. The molecule has 3 heteroatoms. The monoisotopic (exact) mass is 260 g/mol. The summed E-state index contributed by atoms with van der Waals surface area (Å²) in [4.78, 5) is 0. The zero-order valence-corrected chi connectivity index (χ0v) is 11.1. The van der Waals surface area contributed by atoms with Crippen LogP contribution in [-0.4, -0.2) is 5.11 Å². The molecule has 1 N–H and O–H groups in total. The van der Waals surface area contributed by atoms with Gasteiger partial charge in [0, 0.05) is 0 Å². The second-order valence-electron chi connectivity index (χ2n) is 4.47. The second-order valence-corrected chi connectivity index (χ2v) is 4.47. The van der Waals surface area contributed by atoms with Crippen molar-refractivity contribution in [3.05, 3.63) is 59.4 Å². The van der Waals surface area contributed by atoms with Gasteiger partial charge in [-0.1, -0.05) is 25.1 Å². The highest BCUT2D eigenvalue weighted by molar-refractivity contribution is 5.36. The summed E-state index contributed by atoms with van der Waals surface area (Å²) in [6, 6.07) is 12.1. The Bertz CT molecular complexity index is 564. The summed E-state index contributed by atoms with van der Waals surface area (Å²) in [7, 11) is 0. The van der Waals surface area contributed by atoms with Crippen molar-refractivity contribution >= 4 is 0 Å². The highest BCUT2D eigenvalue weighted by Gasteiger charge is 2.09. The second kappa shape index (κ2) is 5.85. The fraction of sp³-hybridized carbons (Fsp3) is 0.250. The Labute approximate surface area is 112 Å². The van der Waals surface area contributed by atoms with Gasteiger partial charge in [0.05, 0.1) is 6.10 Å². The van der Waals surface area contributed by atoms with E-state index in [1.54, 1.807) is 19.1 Å². The van der Waals surface area contributed by atoms with Gasteiger partial charge in [-0.3, -0.25) is 0 Å². The topological polar surface area (TPSA) is 29.5 Å². The summed E-state index contributed by atoms with van der Waals surface area (Å²) in [5.41, 5.74) is 1.67. The van der Waals surface area contributed by atoms with E-state index < -0.39 is 11.9 Å². The van der Waals surface area contributed by atoms with Crippen LogP contribution in [0.15, 0.2) is 42.5 Å². The van der Waals surface area contributed by atoms with Crippen LogP contribution in [-0.2, 0) is 6.42 Å². The molecule has 2 aromatic rings. The normalized spacial score (nSPS) is 12.2. The zero-order chi connectivity index (χ0) is 13.8. The van der Waals surface area contributed by atoms with Crippen molar-refractivity contribution in [1.82, 2.24) is 0 Å². The summed E-state index contributed by atoms with van der Waals surface area (Å²) >= 11 is 0. The molecule has 100 valence electrons. The van der Waals surface area contributed by atoms with Crippen LogP contribution in [0.4, 0.5) is 4.39 Å². The predicted molar refractivity (Wildman–Crippen MR) is 72.9 cm³/mol. The SMILES string of the molecule is CCc1cccc(Oc2ccc([C@@H](C)O)cc2F)c1. The molecule has 0 aliphatic heterocycles. The Hall–Kier alpha value is -1.87. The van der Waals surface area contributed by atoms with E-state index in [1.165, 1.54) is 12.1 Å². The van der Waals surface area contributed by atoms with E-state index in [2.05, 4.69) is 6.92 Å². The van der Waals surface area contributed by atoms with Gasteiger partial charge < -0.3 is 9.84 Å². The van der Waals surface area contributed by atoms with Gasteiger partial charge in [-0.05, 0) is 48.7 Å². The predicted octanol–water partition coefficient (Wildman–Crippen LogP) is 4.23. The van der Waals surface area contributed by atoms with Crippen LogP contribution in [0.3, 0.4) is 0 Å². The first-order valence-corrected chi connectivity index (χ1v) is 6.34. The average Bonchev–Trinajstić information content (AvgIpc) is 2.41. The number of aliphatic hydroxyl groups is 1. The summed E-state index contributed by atoms with van der Waals surface area (Å²) in [6.45, 7) is 3.65. The van der Waals surface area contributed by atoms with E-state index in [0.717, 1.165) is 12.0 Å². The van der Waals surface area contributed by atoms with Crippen LogP contribution in [0, 0.1) is 5.82 Å². The van der Waals surface area contributed by atoms with Gasteiger partial charge in [0.2, 0.25) is 0 Å².